The van der Waals surface area contributed by atoms with E-state index in [0.29, 0.717) is 19.6 Å². The number of carboxylic acids is 1. The fourth-order valence-electron chi connectivity index (χ4n) is 2.32. The van der Waals surface area contributed by atoms with Crippen LogP contribution in [0.5, 0.6) is 5.75 Å². The number of rotatable bonds is 7. The predicted molar refractivity (Wildman–Crippen MR) is 73.2 cm³/mol. The molecule has 3 N–H and O–H groups in total. The van der Waals surface area contributed by atoms with Crippen molar-refractivity contribution in [2.75, 3.05) is 13.2 Å². The number of hydrogen-bond acceptors (Lipinski definition) is 3. The fraction of sp³-hybridized carbons (Fsp3) is 0.533. The standard InChI is InChI=1S/C15H21NO3/c16-10-15(8-1-9-15)11-19-13-5-2-12(3-6-13)4-7-14(17)18/h2-3,5-6H,1,4,7-11,16H2,(H,17,18). The van der Waals surface area contributed by atoms with E-state index in [1.807, 2.05) is 24.3 Å². The van der Waals surface area contributed by atoms with Crippen LogP contribution in [0.25, 0.3) is 0 Å². The SMILES string of the molecule is NCC1(COc2ccc(CCC(=O)O)cc2)CCC1. The minimum atomic E-state index is -0.768. The highest BCUT2D eigenvalue weighted by Crippen LogP contribution is 2.40. The van der Waals surface area contributed by atoms with Crippen molar-refractivity contribution < 1.29 is 14.6 Å². The summed E-state index contributed by atoms with van der Waals surface area (Å²) in [6.45, 7) is 1.36. The monoisotopic (exact) mass is 263 g/mol. The first kappa shape index (κ1) is 13.9. The second-order valence-corrected chi connectivity index (χ2v) is 5.38. The van der Waals surface area contributed by atoms with E-state index < -0.39 is 5.97 Å². The Bertz CT molecular complexity index is 418. The largest absolute Gasteiger partial charge is 0.493 e. The molecule has 0 spiro atoms. The van der Waals surface area contributed by atoms with Gasteiger partial charge in [-0.1, -0.05) is 18.6 Å². The van der Waals surface area contributed by atoms with Crippen LogP contribution in [-0.2, 0) is 11.2 Å². The number of hydrogen-bond donors (Lipinski definition) is 2. The number of aryl methyl sites for hydroxylation is 1. The van der Waals surface area contributed by atoms with Crippen molar-refractivity contribution in [1.82, 2.24) is 0 Å². The molecule has 0 unspecified atom stereocenters. The molecule has 1 aliphatic rings. The molecular formula is C15H21NO3. The number of carboxylic acid groups (broad SMARTS) is 1. The first-order valence-electron chi connectivity index (χ1n) is 6.77. The van der Waals surface area contributed by atoms with Crippen molar-refractivity contribution in [3.8, 4) is 5.75 Å². The Labute approximate surface area is 113 Å². The lowest BCUT2D eigenvalue weighted by molar-refractivity contribution is -0.136. The zero-order chi connectivity index (χ0) is 13.7. The van der Waals surface area contributed by atoms with E-state index in [0.717, 1.165) is 24.2 Å². The van der Waals surface area contributed by atoms with Crippen LogP contribution in [0, 0.1) is 5.41 Å². The second kappa shape index (κ2) is 6.06. The average molecular weight is 263 g/mol. The maximum absolute atomic E-state index is 10.5. The van der Waals surface area contributed by atoms with E-state index >= 15 is 0 Å². The smallest absolute Gasteiger partial charge is 0.303 e. The predicted octanol–water partition coefficient (Wildman–Crippen LogP) is 2.21. The quantitative estimate of drug-likeness (QED) is 0.791. The number of ether oxygens (including phenoxy) is 1. The van der Waals surface area contributed by atoms with Gasteiger partial charge in [0.05, 0.1) is 6.61 Å². The Morgan fingerprint density at radius 2 is 2.00 bits per heavy atom. The molecule has 0 radical (unpaired) electrons. The van der Waals surface area contributed by atoms with Crippen molar-refractivity contribution in [1.29, 1.82) is 0 Å². The Balaban J connectivity index is 1.83. The lowest BCUT2D eigenvalue weighted by atomic mass is 9.69. The van der Waals surface area contributed by atoms with Crippen LogP contribution in [0.2, 0.25) is 0 Å². The molecule has 4 nitrogen and oxygen atoms in total. The summed E-state index contributed by atoms with van der Waals surface area (Å²) in [6.07, 6.45) is 4.27. The molecule has 1 aromatic carbocycles. The van der Waals surface area contributed by atoms with Crippen LogP contribution < -0.4 is 10.5 Å². The molecule has 0 amide bonds. The Morgan fingerprint density at radius 1 is 1.32 bits per heavy atom. The summed E-state index contributed by atoms with van der Waals surface area (Å²) in [6, 6.07) is 7.66. The van der Waals surface area contributed by atoms with E-state index in [4.69, 9.17) is 15.6 Å². The molecule has 1 aromatic rings. The number of carbonyl (C=O) groups is 1. The second-order valence-electron chi connectivity index (χ2n) is 5.38. The van der Waals surface area contributed by atoms with Crippen LogP contribution >= 0.6 is 0 Å². The Morgan fingerprint density at radius 3 is 2.47 bits per heavy atom. The highest BCUT2D eigenvalue weighted by atomic mass is 16.5. The summed E-state index contributed by atoms with van der Waals surface area (Å²) >= 11 is 0. The first-order valence-corrected chi connectivity index (χ1v) is 6.77. The van der Waals surface area contributed by atoms with Gasteiger partial charge in [0.25, 0.3) is 0 Å². The van der Waals surface area contributed by atoms with Crippen molar-refractivity contribution in [2.24, 2.45) is 11.1 Å². The van der Waals surface area contributed by atoms with Gasteiger partial charge in [-0.15, -0.1) is 0 Å². The van der Waals surface area contributed by atoms with Crippen LogP contribution in [-0.4, -0.2) is 24.2 Å². The third kappa shape index (κ3) is 3.70. The number of benzene rings is 1. The summed E-state index contributed by atoms with van der Waals surface area (Å²) in [5.41, 5.74) is 6.99. The van der Waals surface area contributed by atoms with Crippen LogP contribution in [0.4, 0.5) is 0 Å². The molecule has 4 heteroatoms. The van der Waals surface area contributed by atoms with Gasteiger partial charge < -0.3 is 15.6 Å². The summed E-state index contributed by atoms with van der Waals surface area (Å²) in [5, 5.41) is 8.63. The van der Waals surface area contributed by atoms with E-state index in [9.17, 15) is 4.79 Å². The molecule has 2 rings (SSSR count). The number of nitrogens with two attached hydrogens (primary N) is 1. The van der Waals surface area contributed by atoms with Crippen molar-refractivity contribution in [3.05, 3.63) is 29.8 Å². The first-order chi connectivity index (χ1) is 9.13. The van der Waals surface area contributed by atoms with Crippen molar-refractivity contribution in [3.63, 3.8) is 0 Å². The molecule has 0 atom stereocenters. The topological polar surface area (TPSA) is 72.5 Å². The Hall–Kier alpha value is -1.55. The van der Waals surface area contributed by atoms with Gasteiger partial charge in [0.1, 0.15) is 5.75 Å². The summed E-state index contributed by atoms with van der Waals surface area (Å²) in [4.78, 5) is 10.5. The fourth-order valence-corrected chi connectivity index (χ4v) is 2.32. The molecule has 0 aliphatic heterocycles. The highest BCUT2D eigenvalue weighted by Gasteiger charge is 2.36. The zero-order valence-electron chi connectivity index (χ0n) is 11.1. The van der Waals surface area contributed by atoms with Gasteiger partial charge >= 0.3 is 5.97 Å². The van der Waals surface area contributed by atoms with Gasteiger partial charge in [-0.2, -0.15) is 0 Å². The van der Waals surface area contributed by atoms with Crippen LogP contribution in [0.1, 0.15) is 31.2 Å². The van der Waals surface area contributed by atoms with Gasteiger partial charge in [0, 0.05) is 18.4 Å². The van der Waals surface area contributed by atoms with Gasteiger partial charge in [0.2, 0.25) is 0 Å². The van der Waals surface area contributed by atoms with E-state index in [1.54, 1.807) is 0 Å². The molecule has 0 bridgehead atoms. The van der Waals surface area contributed by atoms with Gasteiger partial charge in [-0.05, 0) is 37.0 Å². The Kier molecular flexibility index (Phi) is 4.43. The molecule has 104 valence electrons. The third-order valence-electron chi connectivity index (χ3n) is 3.94. The normalized spacial score (nSPS) is 16.7. The molecular weight excluding hydrogens is 242 g/mol. The van der Waals surface area contributed by atoms with Gasteiger partial charge in [-0.3, -0.25) is 4.79 Å². The van der Waals surface area contributed by atoms with E-state index in [-0.39, 0.29) is 11.8 Å². The molecule has 1 aliphatic carbocycles. The lowest BCUT2D eigenvalue weighted by Gasteiger charge is -2.40. The summed E-state index contributed by atoms with van der Waals surface area (Å²) in [7, 11) is 0. The van der Waals surface area contributed by atoms with Crippen molar-refractivity contribution in [2.45, 2.75) is 32.1 Å². The molecule has 1 saturated carbocycles. The van der Waals surface area contributed by atoms with Gasteiger partial charge in [0.15, 0.2) is 0 Å². The maximum atomic E-state index is 10.5. The molecule has 19 heavy (non-hydrogen) atoms. The number of aliphatic carboxylic acids is 1. The van der Waals surface area contributed by atoms with Crippen LogP contribution in [0.15, 0.2) is 24.3 Å². The molecule has 1 fully saturated rings. The summed E-state index contributed by atoms with van der Waals surface area (Å²) in [5.74, 6) is 0.0639. The minimum absolute atomic E-state index is 0.163. The summed E-state index contributed by atoms with van der Waals surface area (Å²) < 4.78 is 5.79. The maximum Gasteiger partial charge on any atom is 0.303 e. The molecule has 0 aromatic heterocycles. The average Bonchev–Trinajstić information content (AvgIpc) is 2.37. The van der Waals surface area contributed by atoms with Gasteiger partial charge in [-0.25, -0.2) is 0 Å². The van der Waals surface area contributed by atoms with Crippen molar-refractivity contribution >= 4 is 5.97 Å². The molecule has 0 heterocycles. The van der Waals surface area contributed by atoms with Crippen LogP contribution in [0.3, 0.4) is 0 Å². The highest BCUT2D eigenvalue weighted by molar-refractivity contribution is 5.67. The third-order valence-corrected chi connectivity index (χ3v) is 3.94. The zero-order valence-corrected chi connectivity index (χ0v) is 11.1. The van der Waals surface area contributed by atoms with E-state index in [1.165, 1.54) is 6.42 Å². The van der Waals surface area contributed by atoms with E-state index in [2.05, 4.69) is 0 Å². The molecule has 0 saturated heterocycles. The minimum Gasteiger partial charge on any atom is -0.493 e. The lowest BCUT2D eigenvalue weighted by Crippen LogP contribution is -2.42.